The van der Waals surface area contributed by atoms with Crippen LogP contribution >= 0.6 is 14.3 Å². The van der Waals surface area contributed by atoms with Gasteiger partial charge in [0.2, 0.25) is 0 Å². The highest BCUT2D eigenvalue weighted by Crippen LogP contribution is 2.73. The summed E-state index contributed by atoms with van der Waals surface area (Å²) in [5.41, 5.74) is 1.10. The summed E-state index contributed by atoms with van der Waals surface area (Å²) in [4.78, 5) is 0. The maximum Gasteiger partial charge on any atom is 0.101 e. The summed E-state index contributed by atoms with van der Waals surface area (Å²) in [5.74, 6) is 0.574. The van der Waals surface area contributed by atoms with E-state index in [4.69, 9.17) is 0 Å². The number of rotatable bonds is 6. The lowest BCUT2D eigenvalue weighted by Crippen LogP contribution is -2.27. The van der Waals surface area contributed by atoms with Gasteiger partial charge in [-0.3, -0.25) is 0 Å². The van der Waals surface area contributed by atoms with Gasteiger partial charge in [0.05, 0.1) is 13.0 Å². The van der Waals surface area contributed by atoms with Crippen molar-refractivity contribution in [2.45, 2.75) is 115 Å². The van der Waals surface area contributed by atoms with Crippen LogP contribution in [0.3, 0.4) is 0 Å². The van der Waals surface area contributed by atoms with Crippen molar-refractivity contribution >= 4 is 14.3 Å². The Morgan fingerprint density at radius 1 is 0.696 bits per heavy atom. The van der Waals surface area contributed by atoms with Crippen LogP contribution in [-0.4, -0.2) is 28.5 Å². The Bertz CT molecular complexity index is 424. The molecule has 0 heterocycles. The minimum absolute atomic E-state index is 0.169. The van der Waals surface area contributed by atoms with Crippen LogP contribution in [0.2, 0.25) is 0 Å². The van der Waals surface area contributed by atoms with Crippen molar-refractivity contribution in [1.82, 2.24) is 0 Å². The van der Waals surface area contributed by atoms with Gasteiger partial charge in [0, 0.05) is 22.6 Å². The maximum atomic E-state index is 14.4. The molecule has 2 nitrogen and oxygen atoms in total. The van der Waals surface area contributed by atoms with E-state index in [-0.39, 0.29) is 11.3 Å². The standard InChI is InChI=1S/C19H38O2P2/c1-16(2)22(20,17(3)4)15-23(21,18-11-7-5-8-12-18)19-13-9-6-10-14-19/h16-19H,5-15H2,1-4H3. The van der Waals surface area contributed by atoms with Crippen LogP contribution in [0.5, 0.6) is 0 Å². The molecule has 0 aromatic rings. The lowest BCUT2D eigenvalue weighted by Gasteiger charge is -2.41. The Morgan fingerprint density at radius 2 is 1.04 bits per heavy atom. The zero-order valence-electron chi connectivity index (χ0n) is 15.8. The summed E-state index contributed by atoms with van der Waals surface area (Å²) in [6.07, 6.45) is 12.0. The summed E-state index contributed by atoms with van der Waals surface area (Å²) in [6, 6.07) is 0. The lowest BCUT2D eigenvalue weighted by atomic mass is 9.99. The van der Waals surface area contributed by atoms with Gasteiger partial charge in [-0.2, -0.15) is 0 Å². The molecule has 0 bridgehead atoms. The molecule has 2 aliphatic carbocycles. The van der Waals surface area contributed by atoms with Gasteiger partial charge in [0.15, 0.2) is 0 Å². The van der Waals surface area contributed by atoms with Gasteiger partial charge in [-0.15, -0.1) is 0 Å². The molecule has 0 aromatic carbocycles. The molecule has 2 fully saturated rings. The molecule has 4 heteroatoms. The molecule has 136 valence electrons. The van der Waals surface area contributed by atoms with Gasteiger partial charge < -0.3 is 9.13 Å². The van der Waals surface area contributed by atoms with E-state index in [0.29, 0.717) is 17.2 Å². The Labute approximate surface area is 144 Å². The van der Waals surface area contributed by atoms with Crippen LogP contribution in [0.15, 0.2) is 0 Å². The second kappa shape index (κ2) is 8.23. The van der Waals surface area contributed by atoms with E-state index < -0.39 is 14.3 Å². The molecule has 23 heavy (non-hydrogen) atoms. The van der Waals surface area contributed by atoms with Crippen molar-refractivity contribution < 1.29 is 9.13 Å². The van der Waals surface area contributed by atoms with Gasteiger partial charge in [-0.05, 0) is 25.7 Å². The summed E-state index contributed by atoms with van der Waals surface area (Å²) in [6.45, 7) is 8.36. The van der Waals surface area contributed by atoms with Crippen molar-refractivity contribution in [1.29, 1.82) is 0 Å². The predicted octanol–water partition coefficient (Wildman–Crippen LogP) is 7.15. The van der Waals surface area contributed by atoms with E-state index in [1.165, 1.54) is 38.5 Å². The van der Waals surface area contributed by atoms with E-state index in [9.17, 15) is 9.13 Å². The molecule has 0 amide bonds. The van der Waals surface area contributed by atoms with Crippen LogP contribution < -0.4 is 0 Å². The highest BCUT2D eigenvalue weighted by atomic mass is 31.2. The fourth-order valence-corrected chi connectivity index (χ4v) is 16.3. The molecule has 0 aromatic heterocycles. The summed E-state index contributed by atoms with van der Waals surface area (Å²) in [5, 5.41) is 0. The molecule has 0 radical (unpaired) electrons. The van der Waals surface area contributed by atoms with E-state index in [2.05, 4.69) is 27.7 Å². The highest BCUT2D eigenvalue weighted by Gasteiger charge is 2.47. The average Bonchev–Trinajstić information content (AvgIpc) is 2.56. The zero-order valence-corrected chi connectivity index (χ0v) is 17.6. The first-order chi connectivity index (χ1) is 10.8. The van der Waals surface area contributed by atoms with Crippen molar-refractivity contribution in [2.75, 3.05) is 5.90 Å². The topological polar surface area (TPSA) is 34.1 Å². The smallest absolute Gasteiger partial charge is 0.101 e. The maximum absolute atomic E-state index is 14.4. The fraction of sp³-hybridized carbons (Fsp3) is 1.00. The normalized spacial score (nSPS) is 22.9. The SMILES string of the molecule is CC(C)P(=O)(CP(=O)(C1CCCCC1)C1CCCCC1)C(C)C. The van der Waals surface area contributed by atoms with Gasteiger partial charge in [-0.1, -0.05) is 66.2 Å². The van der Waals surface area contributed by atoms with Crippen LogP contribution in [0, 0.1) is 0 Å². The number of hydrogen-bond donors (Lipinski definition) is 0. The molecular formula is C19H38O2P2. The third-order valence-corrected chi connectivity index (χ3v) is 17.1. The zero-order chi connectivity index (χ0) is 17.1. The van der Waals surface area contributed by atoms with Gasteiger partial charge in [-0.25, -0.2) is 0 Å². The fourth-order valence-electron chi connectivity index (χ4n) is 4.83. The Balaban J connectivity index is 2.32. The van der Waals surface area contributed by atoms with E-state index in [0.717, 1.165) is 25.7 Å². The predicted molar refractivity (Wildman–Crippen MR) is 104 cm³/mol. The molecule has 2 rings (SSSR count). The monoisotopic (exact) mass is 360 g/mol. The van der Waals surface area contributed by atoms with Gasteiger partial charge >= 0.3 is 0 Å². The molecule has 2 aliphatic rings. The molecule has 0 aliphatic heterocycles. The Morgan fingerprint density at radius 3 is 1.35 bits per heavy atom. The molecule has 0 N–H and O–H groups in total. The van der Waals surface area contributed by atoms with Crippen molar-refractivity contribution in [3.05, 3.63) is 0 Å². The molecule has 0 spiro atoms. The molecule has 0 saturated heterocycles. The molecular weight excluding hydrogens is 322 g/mol. The quantitative estimate of drug-likeness (QED) is 0.471. The third kappa shape index (κ3) is 4.36. The summed E-state index contributed by atoms with van der Waals surface area (Å²) >= 11 is 0. The van der Waals surface area contributed by atoms with Crippen LogP contribution in [0.25, 0.3) is 0 Å². The van der Waals surface area contributed by atoms with Crippen molar-refractivity contribution in [3.8, 4) is 0 Å². The first-order valence-electron chi connectivity index (χ1n) is 9.97. The first-order valence-corrected chi connectivity index (χ1v) is 14.0. The van der Waals surface area contributed by atoms with Gasteiger partial charge in [0.25, 0.3) is 0 Å². The Hall–Kier alpha value is 0.460. The van der Waals surface area contributed by atoms with Crippen LogP contribution in [0.1, 0.15) is 91.9 Å². The summed E-state index contributed by atoms with van der Waals surface area (Å²) < 4.78 is 28.1. The molecule has 0 unspecified atom stereocenters. The van der Waals surface area contributed by atoms with Crippen LogP contribution in [0.4, 0.5) is 0 Å². The minimum Gasteiger partial charge on any atom is -0.323 e. The van der Waals surface area contributed by atoms with E-state index in [1.54, 1.807) is 0 Å². The van der Waals surface area contributed by atoms with Crippen molar-refractivity contribution in [3.63, 3.8) is 0 Å². The molecule has 2 saturated carbocycles. The lowest BCUT2D eigenvalue weighted by molar-refractivity contribution is 0.448. The largest absolute Gasteiger partial charge is 0.323 e. The van der Waals surface area contributed by atoms with E-state index >= 15 is 0 Å². The first kappa shape index (κ1) is 19.8. The molecule has 0 atom stereocenters. The highest BCUT2D eigenvalue weighted by molar-refractivity contribution is 7.81. The second-order valence-corrected chi connectivity index (χ2v) is 16.7. The number of hydrogen-bond acceptors (Lipinski definition) is 2. The Kier molecular flexibility index (Phi) is 7.07. The third-order valence-electron chi connectivity index (χ3n) is 6.58. The second-order valence-electron chi connectivity index (χ2n) is 8.62. The van der Waals surface area contributed by atoms with Crippen LogP contribution in [-0.2, 0) is 9.13 Å². The summed E-state index contributed by atoms with van der Waals surface area (Å²) in [7, 11) is -4.74. The average molecular weight is 360 g/mol. The van der Waals surface area contributed by atoms with Crippen molar-refractivity contribution in [2.24, 2.45) is 0 Å². The van der Waals surface area contributed by atoms with Gasteiger partial charge in [0.1, 0.15) is 7.14 Å². The minimum atomic E-state index is -2.38. The van der Waals surface area contributed by atoms with E-state index in [1.807, 2.05) is 0 Å².